The second-order valence-corrected chi connectivity index (χ2v) is 8.34. The van der Waals surface area contributed by atoms with Crippen molar-refractivity contribution >= 4 is 11.9 Å². The second-order valence-electron chi connectivity index (χ2n) is 8.34. The largest absolute Gasteiger partial charge is 0.419 e. The SMILES string of the molecule is CC1(C)OC(=O)C(=C2[C@H]3[C@@H]4C[C@H]5[C@@H]2[C@@H]2[C@@H]3C[C@@H]4[C@H]52)C(=O)O1. The molecule has 1 aliphatic heterocycles. The van der Waals surface area contributed by atoms with Crippen molar-refractivity contribution in [2.75, 3.05) is 0 Å². The van der Waals surface area contributed by atoms with E-state index in [1.165, 1.54) is 12.8 Å². The van der Waals surface area contributed by atoms with E-state index < -0.39 is 17.7 Å². The Labute approximate surface area is 122 Å². The summed E-state index contributed by atoms with van der Waals surface area (Å²) >= 11 is 0. The number of allylic oxidation sites excluding steroid dienone is 1. The topological polar surface area (TPSA) is 52.6 Å². The van der Waals surface area contributed by atoms with E-state index in [9.17, 15) is 9.59 Å². The maximum absolute atomic E-state index is 12.4. The van der Waals surface area contributed by atoms with Gasteiger partial charge in [0.25, 0.3) is 5.79 Å². The van der Waals surface area contributed by atoms with Crippen molar-refractivity contribution in [1.82, 2.24) is 0 Å². The van der Waals surface area contributed by atoms with Crippen LogP contribution in [0.2, 0.25) is 0 Å². The Balaban J connectivity index is 1.53. The number of carbonyl (C=O) groups is 2. The predicted octanol–water partition coefficient (Wildman–Crippen LogP) is 1.90. The molecule has 6 fully saturated rings. The summed E-state index contributed by atoms with van der Waals surface area (Å²) in [5.74, 6) is 3.74. The highest BCUT2D eigenvalue weighted by molar-refractivity contribution is 6.16. The van der Waals surface area contributed by atoms with Crippen LogP contribution in [0, 0.1) is 47.3 Å². The van der Waals surface area contributed by atoms with Crippen LogP contribution >= 0.6 is 0 Å². The van der Waals surface area contributed by atoms with Gasteiger partial charge in [0.15, 0.2) is 0 Å². The summed E-state index contributed by atoms with van der Waals surface area (Å²) in [7, 11) is 0. The first-order valence-corrected chi connectivity index (χ1v) is 8.19. The van der Waals surface area contributed by atoms with Crippen LogP contribution in [0.5, 0.6) is 0 Å². The third-order valence-electron chi connectivity index (χ3n) is 7.46. The van der Waals surface area contributed by atoms with Crippen molar-refractivity contribution in [1.29, 1.82) is 0 Å². The lowest BCUT2D eigenvalue weighted by molar-refractivity contribution is -0.222. The van der Waals surface area contributed by atoms with Crippen molar-refractivity contribution in [2.45, 2.75) is 32.5 Å². The summed E-state index contributed by atoms with van der Waals surface area (Å²) in [6.07, 6.45) is 2.67. The quantitative estimate of drug-likeness (QED) is 0.388. The van der Waals surface area contributed by atoms with Crippen molar-refractivity contribution < 1.29 is 19.1 Å². The van der Waals surface area contributed by atoms with Gasteiger partial charge in [0.2, 0.25) is 0 Å². The van der Waals surface area contributed by atoms with E-state index in [0.29, 0.717) is 11.8 Å². The standard InChI is InChI=1S/C17H18O4/c1-17(2)20-15(18)14(16(19)21-17)13-10-6-4-7-9-5(6)3-8(10)11(9)12(7)13/h5-12H,3-4H2,1-2H3/t5-,6+,7+,8+,9+,10-,11+,12+/m0/s1. The van der Waals surface area contributed by atoms with E-state index in [-0.39, 0.29) is 5.57 Å². The van der Waals surface area contributed by atoms with Crippen LogP contribution in [-0.4, -0.2) is 17.7 Å². The molecular weight excluding hydrogens is 268 g/mol. The molecule has 0 unspecified atom stereocenters. The Kier molecular flexibility index (Phi) is 1.57. The molecule has 8 atom stereocenters. The van der Waals surface area contributed by atoms with E-state index in [0.717, 1.165) is 41.1 Å². The molecule has 0 spiro atoms. The summed E-state index contributed by atoms with van der Waals surface area (Å²) in [5.41, 5.74) is 1.42. The van der Waals surface area contributed by atoms with Gasteiger partial charge in [-0.2, -0.15) is 0 Å². The summed E-state index contributed by atoms with van der Waals surface area (Å²) in [5, 5.41) is 0. The zero-order chi connectivity index (χ0) is 14.3. The highest BCUT2D eigenvalue weighted by atomic mass is 16.7. The van der Waals surface area contributed by atoms with Crippen LogP contribution in [0.15, 0.2) is 11.1 Å². The Morgan fingerprint density at radius 1 is 0.857 bits per heavy atom. The molecule has 2 bridgehead atoms. The fraction of sp³-hybridized carbons (Fsp3) is 0.765. The fourth-order valence-electron chi connectivity index (χ4n) is 7.40. The lowest BCUT2D eigenvalue weighted by Gasteiger charge is -2.46. The van der Waals surface area contributed by atoms with Gasteiger partial charge >= 0.3 is 11.9 Å². The zero-order valence-corrected chi connectivity index (χ0v) is 12.2. The fourth-order valence-corrected chi connectivity index (χ4v) is 7.40. The van der Waals surface area contributed by atoms with Gasteiger partial charge in [0, 0.05) is 13.8 Å². The number of hydrogen-bond donors (Lipinski definition) is 0. The van der Waals surface area contributed by atoms with E-state index >= 15 is 0 Å². The van der Waals surface area contributed by atoms with Gasteiger partial charge in [-0.15, -0.1) is 0 Å². The molecule has 1 heterocycles. The van der Waals surface area contributed by atoms with E-state index in [1.54, 1.807) is 13.8 Å². The molecule has 5 aliphatic carbocycles. The number of rotatable bonds is 0. The maximum atomic E-state index is 12.4. The minimum Gasteiger partial charge on any atom is -0.419 e. The van der Waals surface area contributed by atoms with Gasteiger partial charge in [0.1, 0.15) is 5.57 Å². The second kappa shape index (κ2) is 2.92. The third kappa shape index (κ3) is 0.984. The van der Waals surface area contributed by atoms with E-state index in [1.807, 2.05) is 0 Å². The van der Waals surface area contributed by atoms with E-state index in [2.05, 4.69) is 0 Å². The van der Waals surface area contributed by atoms with Crippen LogP contribution in [-0.2, 0) is 19.1 Å². The average molecular weight is 286 g/mol. The number of ether oxygens (including phenoxy) is 2. The number of esters is 2. The highest BCUT2D eigenvalue weighted by Crippen LogP contribution is 2.84. The van der Waals surface area contributed by atoms with Gasteiger partial charge in [-0.3, -0.25) is 0 Å². The smallest absolute Gasteiger partial charge is 0.348 e. The van der Waals surface area contributed by atoms with Crippen molar-refractivity contribution in [3.8, 4) is 0 Å². The highest BCUT2D eigenvalue weighted by Gasteiger charge is 2.79. The van der Waals surface area contributed by atoms with Crippen LogP contribution in [0.25, 0.3) is 0 Å². The van der Waals surface area contributed by atoms with Crippen LogP contribution in [0.3, 0.4) is 0 Å². The molecule has 6 aliphatic rings. The summed E-state index contributed by atoms with van der Waals surface area (Å²) < 4.78 is 10.7. The molecule has 4 heteroatoms. The number of hydrogen-bond acceptors (Lipinski definition) is 4. The first-order valence-electron chi connectivity index (χ1n) is 8.19. The molecule has 0 amide bonds. The molecule has 4 nitrogen and oxygen atoms in total. The maximum Gasteiger partial charge on any atom is 0.348 e. The molecule has 0 radical (unpaired) electrons. The lowest BCUT2D eigenvalue weighted by atomic mass is 9.58. The van der Waals surface area contributed by atoms with Gasteiger partial charge < -0.3 is 9.47 Å². The van der Waals surface area contributed by atoms with Crippen molar-refractivity contribution in [2.24, 2.45) is 47.3 Å². The lowest BCUT2D eigenvalue weighted by Crippen LogP contribution is -2.45. The predicted molar refractivity (Wildman–Crippen MR) is 70.4 cm³/mol. The molecular formula is C17H18O4. The molecule has 0 aromatic carbocycles. The number of carbonyl (C=O) groups excluding carboxylic acids is 2. The Morgan fingerprint density at radius 3 is 2.19 bits per heavy atom. The summed E-state index contributed by atoms with van der Waals surface area (Å²) in [6, 6.07) is 0. The Hall–Kier alpha value is -1.32. The minimum absolute atomic E-state index is 0.271. The van der Waals surface area contributed by atoms with Crippen molar-refractivity contribution in [3.05, 3.63) is 11.1 Å². The van der Waals surface area contributed by atoms with Crippen LogP contribution in [0.4, 0.5) is 0 Å². The molecule has 6 rings (SSSR count). The molecule has 0 aromatic heterocycles. The zero-order valence-electron chi connectivity index (χ0n) is 12.2. The van der Waals surface area contributed by atoms with Gasteiger partial charge in [-0.05, 0) is 65.8 Å². The van der Waals surface area contributed by atoms with E-state index in [4.69, 9.17) is 9.47 Å². The normalized spacial score (nSPS) is 56.9. The molecule has 0 N–H and O–H groups in total. The number of fused-ring (bicyclic) bond motifs is 2. The first-order chi connectivity index (χ1) is 9.98. The van der Waals surface area contributed by atoms with Crippen molar-refractivity contribution in [3.63, 3.8) is 0 Å². The average Bonchev–Trinajstić information content (AvgIpc) is 2.85. The van der Waals surface area contributed by atoms with Gasteiger partial charge in [-0.25, -0.2) is 9.59 Å². The first kappa shape index (κ1) is 11.3. The molecule has 21 heavy (non-hydrogen) atoms. The minimum atomic E-state index is -1.13. The number of cyclic esters (lactones) is 2. The third-order valence-corrected chi connectivity index (χ3v) is 7.46. The Morgan fingerprint density at radius 2 is 1.48 bits per heavy atom. The Bertz CT molecular complexity index is 632. The molecule has 5 saturated carbocycles. The van der Waals surface area contributed by atoms with Crippen LogP contribution in [0.1, 0.15) is 26.7 Å². The van der Waals surface area contributed by atoms with Crippen LogP contribution < -0.4 is 0 Å². The molecule has 0 aromatic rings. The molecule has 110 valence electrons. The van der Waals surface area contributed by atoms with Gasteiger partial charge in [0.05, 0.1) is 0 Å². The summed E-state index contributed by atoms with van der Waals surface area (Å²) in [6.45, 7) is 3.23. The van der Waals surface area contributed by atoms with Gasteiger partial charge in [-0.1, -0.05) is 0 Å². The molecule has 1 saturated heterocycles. The summed E-state index contributed by atoms with van der Waals surface area (Å²) in [4.78, 5) is 24.8. The monoisotopic (exact) mass is 286 g/mol.